The molecule has 1 N–H and O–H groups in total. The number of pyridine rings is 1. The summed E-state index contributed by atoms with van der Waals surface area (Å²) in [4.78, 5) is 3.24. The van der Waals surface area contributed by atoms with E-state index in [4.69, 9.17) is 0 Å². The summed E-state index contributed by atoms with van der Waals surface area (Å²) in [6, 6.07) is 0.518. The average molecular weight is 244 g/mol. The minimum absolute atomic E-state index is 0.202. The summed E-state index contributed by atoms with van der Waals surface area (Å²) >= 11 is 0. The van der Waals surface area contributed by atoms with Crippen LogP contribution >= 0.6 is 0 Å². The quantitative estimate of drug-likeness (QED) is 0.802. The van der Waals surface area contributed by atoms with Gasteiger partial charge in [0, 0.05) is 12.6 Å². The molecule has 1 aromatic rings. The van der Waals surface area contributed by atoms with Crippen molar-refractivity contribution in [2.75, 3.05) is 11.9 Å². The molecule has 1 heterocycles. The molecule has 1 saturated carbocycles. The van der Waals surface area contributed by atoms with Crippen molar-refractivity contribution >= 4 is 5.82 Å². The maximum Gasteiger partial charge on any atom is 0.251 e. The first-order chi connectivity index (χ1) is 8.06. The van der Waals surface area contributed by atoms with Gasteiger partial charge in [0.2, 0.25) is 0 Å². The van der Waals surface area contributed by atoms with E-state index in [1.54, 1.807) is 0 Å². The Kier molecular flexibility index (Phi) is 3.26. The van der Waals surface area contributed by atoms with Crippen LogP contribution in [0, 0.1) is 23.0 Å². The number of halogens is 3. The summed E-state index contributed by atoms with van der Waals surface area (Å²) in [5.41, 5.74) is 0.202. The van der Waals surface area contributed by atoms with Crippen LogP contribution in [0.15, 0.2) is 6.07 Å². The van der Waals surface area contributed by atoms with Crippen molar-refractivity contribution in [2.24, 2.45) is 5.41 Å². The van der Waals surface area contributed by atoms with Crippen molar-refractivity contribution in [2.45, 2.75) is 32.6 Å². The first kappa shape index (κ1) is 12.2. The smallest absolute Gasteiger partial charge is 0.251 e. The Hall–Kier alpha value is -1.26. The number of rotatable bonds is 5. The highest BCUT2D eigenvalue weighted by atomic mass is 19.2. The van der Waals surface area contributed by atoms with Gasteiger partial charge < -0.3 is 5.32 Å². The SMILES string of the molecule is CCCC1(CNc2nc(F)c(F)cc2F)CC1. The van der Waals surface area contributed by atoms with E-state index in [9.17, 15) is 13.2 Å². The summed E-state index contributed by atoms with van der Waals surface area (Å²) in [7, 11) is 0. The van der Waals surface area contributed by atoms with E-state index in [0.29, 0.717) is 12.6 Å². The number of hydrogen-bond acceptors (Lipinski definition) is 2. The van der Waals surface area contributed by atoms with Crippen LogP contribution in [0.1, 0.15) is 32.6 Å². The van der Waals surface area contributed by atoms with E-state index < -0.39 is 17.6 Å². The van der Waals surface area contributed by atoms with Gasteiger partial charge in [-0.05, 0) is 24.7 Å². The number of hydrogen-bond donors (Lipinski definition) is 1. The van der Waals surface area contributed by atoms with Gasteiger partial charge in [0.05, 0.1) is 0 Å². The van der Waals surface area contributed by atoms with Gasteiger partial charge in [-0.3, -0.25) is 0 Å². The molecule has 0 bridgehead atoms. The predicted octanol–water partition coefficient (Wildman–Crippen LogP) is 3.49. The highest BCUT2D eigenvalue weighted by molar-refractivity contribution is 5.36. The Morgan fingerprint density at radius 3 is 2.59 bits per heavy atom. The van der Waals surface area contributed by atoms with Crippen molar-refractivity contribution in [3.8, 4) is 0 Å². The Labute approximate surface area is 98.2 Å². The molecule has 1 aromatic heterocycles. The van der Waals surface area contributed by atoms with Crippen molar-refractivity contribution < 1.29 is 13.2 Å². The van der Waals surface area contributed by atoms with E-state index in [-0.39, 0.29) is 11.2 Å². The predicted molar refractivity (Wildman–Crippen MR) is 59.2 cm³/mol. The lowest BCUT2D eigenvalue weighted by Crippen LogP contribution is -2.17. The molecule has 1 aliphatic rings. The highest BCUT2D eigenvalue weighted by Gasteiger charge is 2.41. The normalized spacial score (nSPS) is 16.9. The molecule has 0 aliphatic heterocycles. The molecule has 5 heteroatoms. The molecule has 0 spiro atoms. The molecular weight excluding hydrogens is 229 g/mol. The largest absolute Gasteiger partial charge is 0.367 e. The Bertz CT molecular complexity index is 416. The summed E-state index contributed by atoms with van der Waals surface area (Å²) in [5, 5.41) is 2.78. The first-order valence-corrected chi connectivity index (χ1v) is 5.82. The van der Waals surface area contributed by atoms with Gasteiger partial charge in [-0.1, -0.05) is 13.3 Å². The topological polar surface area (TPSA) is 24.9 Å². The van der Waals surface area contributed by atoms with Gasteiger partial charge in [0.25, 0.3) is 5.95 Å². The standard InChI is InChI=1S/C12H15F3N2/c1-2-3-12(4-5-12)7-16-11-9(14)6-8(13)10(15)17-11/h6H,2-5,7H2,1H3,(H,16,17). The van der Waals surface area contributed by atoms with Crippen LogP contribution in [-0.4, -0.2) is 11.5 Å². The molecule has 2 rings (SSSR count). The molecule has 0 radical (unpaired) electrons. The lowest BCUT2D eigenvalue weighted by molar-refractivity contribution is 0.460. The Morgan fingerprint density at radius 1 is 1.29 bits per heavy atom. The number of nitrogens with one attached hydrogen (secondary N) is 1. The summed E-state index contributed by atoms with van der Waals surface area (Å²) in [5.74, 6) is -3.58. The number of nitrogens with zero attached hydrogens (tertiary/aromatic N) is 1. The third kappa shape index (κ3) is 2.70. The Morgan fingerprint density at radius 2 is 2.00 bits per heavy atom. The van der Waals surface area contributed by atoms with Crippen molar-refractivity contribution in [3.05, 3.63) is 23.6 Å². The summed E-state index contributed by atoms with van der Waals surface area (Å²) in [6.45, 7) is 2.66. The van der Waals surface area contributed by atoms with Gasteiger partial charge in [0.1, 0.15) is 0 Å². The molecular formula is C12H15F3N2. The Balaban J connectivity index is 2.02. The molecule has 0 unspecified atom stereocenters. The van der Waals surface area contributed by atoms with Gasteiger partial charge in [-0.2, -0.15) is 9.37 Å². The molecule has 94 valence electrons. The molecule has 2 nitrogen and oxygen atoms in total. The maximum absolute atomic E-state index is 13.3. The zero-order valence-electron chi connectivity index (χ0n) is 9.69. The number of aromatic nitrogens is 1. The van der Waals surface area contributed by atoms with E-state index >= 15 is 0 Å². The fraction of sp³-hybridized carbons (Fsp3) is 0.583. The van der Waals surface area contributed by atoms with Gasteiger partial charge in [-0.15, -0.1) is 0 Å². The van der Waals surface area contributed by atoms with Crippen LogP contribution < -0.4 is 5.32 Å². The number of anilines is 1. The van der Waals surface area contributed by atoms with Gasteiger partial charge in [0.15, 0.2) is 17.5 Å². The third-order valence-corrected chi connectivity index (χ3v) is 3.25. The first-order valence-electron chi connectivity index (χ1n) is 5.82. The molecule has 1 fully saturated rings. The molecule has 17 heavy (non-hydrogen) atoms. The fourth-order valence-electron chi connectivity index (χ4n) is 2.06. The van der Waals surface area contributed by atoms with Crippen LogP contribution in [0.25, 0.3) is 0 Å². The van der Waals surface area contributed by atoms with Crippen LogP contribution in [0.5, 0.6) is 0 Å². The highest BCUT2D eigenvalue weighted by Crippen LogP contribution is 2.49. The molecule has 1 aliphatic carbocycles. The summed E-state index contributed by atoms with van der Waals surface area (Å²) < 4.78 is 38.8. The lowest BCUT2D eigenvalue weighted by Gasteiger charge is -2.15. The minimum Gasteiger partial charge on any atom is -0.367 e. The zero-order valence-corrected chi connectivity index (χ0v) is 9.69. The zero-order chi connectivity index (χ0) is 12.5. The molecule has 0 amide bonds. The van der Waals surface area contributed by atoms with E-state index in [2.05, 4.69) is 17.2 Å². The summed E-state index contributed by atoms with van der Waals surface area (Å²) in [6.07, 6.45) is 4.32. The van der Waals surface area contributed by atoms with Crippen molar-refractivity contribution in [3.63, 3.8) is 0 Å². The van der Waals surface area contributed by atoms with E-state index in [1.807, 2.05) is 0 Å². The maximum atomic E-state index is 13.3. The lowest BCUT2D eigenvalue weighted by atomic mass is 10.0. The van der Waals surface area contributed by atoms with Crippen LogP contribution in [0.4, 0.5) is 19.0 Å². The average Bonchev–Trinajstić information content (AvgIpc) is 3.03. The van der Waals surface area contributed by atoms with E-state index in [0.717, 1.165) is 25.7 Å². The third-order valence-electron chi connectivity index (χ3n) is 3.25. The second-order valence-electron chi connectivity index (χ2n) is 4.69. The second kappa shape index (κ2) is 4.55. The van der Waals surface area contributed by atoms with Crippen LogP contribution in [0.3, 0.4) is 0 Å². The molecule has 0 atom stereocenters. The van der Waals surface area contributed by atoms with Crippen LogP contribution in [0.2, 0.25) is 0 Å². The molecule has 0 saturated heterocycles. The van der Waals surface area contributed by atoms with Crippen molar-refractivity contribution in [1.82, 2.24) is 4.98 Å². The fourth-order valence-corrected chi connectivity index (χ4v) is 2.06. The van der Waals surface area contributed by atoms with Gasteiger partial charge in [-0.25, -0.2) is 8.78 Å². The van der Waals surface area contributed by atoms with Crippen LogP contribution in [-0.2, 0) is 0 Å². The van der Waals surface area contributed by atoms with Crippen molar-refractivity contribution in [1.29, 1.82) is 0 Å². The monoisotopic (exact) mass is 244 g/mol. The van der Waals surface area contributed by atoms with E-state index in [1.165, 1.54) is 0 Å². The minimum atomic E-state index is -1.27. The second-order valence-corrected chi connectivity index (χ2v) is 4.69. The van der Waals surface area contributed by atoms with Gasteiger partial charge >= 0.3 is 0 Å². The molecule has 0 aromatic carbocycles.